The SMILES string of the molecule is c1ccc(-c2ccc(N(c3ccc(-c4c5oc(-c6ccccc6)nc5cc5c4oc4ccccc45)cc3)c3ccccc3-c3ccccc3)cc2)cc1. The third-order valence-corrected chi connectivity index (χ3v) is 9.92. The van der Waals surface area contributed by atoms with Crippen molar-refractivity contribution < 1.29 is 8.83 Å². The van der Waals surface area contributed by atoms with Crippen molar-refractivity contribution in [3.63, 3.8) is 0 Å². The third-order valence-electron chi connectivity index (χ3n) is 9.92. The normalized spacial score (nSPS) is 11.4. The summed E-state index contributed by atoms with van der Waals surface area (Å²) in [6.45, 7) is 0. The molecule has 4 heteroatoms. The number of hydrogen-bond donors (Lipinski definition) is 0. The monoisotopic (exact) mass is 680 g/mol. The minimum Gasteiger partial charge on any atom is -0.455 e. The number of furan rings is 1. The van der Waals surface area contributed by atoms with Gasteiger partial charge in [0.1, 0.15) is 16.7 Å². The Hall–Kier alpha value is -7.17. The number of anilines is 3. The standard InChI is InChI=1S/C49H32N2O2/c1-4-14-33(15-5-1)34-24-28-38(29-25-34)51(44-22-12-10-20-40(44)35-16-6-2-7-17-35)39-30-26-36(27-31-39)46-47-42(41-21-11-13-23-45(41)52-47)32-43-48(46)53-49(50-43)37-18-8-3-9-19-37/h1-32H. The maximum atomic E-state index is 6.59. The van der Waals surface area contributed by atoms with Crippen molar-refractivity contribution in [3.05, 3.63) is 194 Å². The molecule has 53 heavy (non-hydrogen) atoms. The number of rotatable bonds is 7. The highest BCUT2D eigenvalue weighted by molar-refractivity contribution is 6.16. The van der Waals surface area contributed by atoms with Gasteiger partial charge in [-0.1, -0.05) is 140 Å². The fourth-order valence-electron chi connectivity index (χ4n) is 7.38. The Balaban J connectivity index is 1.15. The van der Waals surface area contributed by atoms with Crippen LogP contribution < -0.4 is 4.90 Å². The van der Waals surface area contributed by atoms with Gasteiger partial charge >= 0.3 is 0 Å². The van der Waals surface area contributed by atoms with Gasteiger partial charge in [-0.3, -0.25) is 0 Å². The topological polar surface area (TPSA) is 42.4 Å². The Morgan fingerprint density at radius 2 is 0.943 bits per heavy atom. The van der Waals surface area contributed by atoms with Crippen molar-refractivity contribution >= 4 is 50.1 Å². The van der Waals surface area contributed by atoms with Crippen LogP contribution in [0.2, 0.25) is 0 Å². The number of aromatic nitrogens is 1. The second-order valence-corrected chi connectivity index (χ2v) is 13.1. The first-order valence-corrected chi connectivity index (χ1v) is 17.8. The quantitative estimate of drug-likeness (QED) is 0.168. The maximum absolute atomic E-state index is 6.59. The zero-order chi connectivity index (χ0) is 35.1. The molecule has 250 valence electrons. The zero-order valence-electron chi connectivity index (χ0n) is 28.7. The molecular weight excluding hydrogens is 649 g/mol. The van der Waals surface area contributed by atoms with E-state index in [0.29, 0.717) is 11.5 Å². The maximum Gasteiger partial charge on any atom is 0.227 e. The molecule has 0 amide bonds. The molecule has 0 saturated heterocycles. The molecule has 0 N–H and O–H groups in total. The van der Waals surface area contributed by atoms with Gasteiger partial charge in [0.15, 0.2) is 5.58 Å². The Bertz CT molecular complexity index is 2860. The molecular formula is C49H32N2O2. The first kappa shape index (κ1) is 30.6. The van der Waals surface area contributed by atoms with E-state index in [-0.39, 0.29) is 0 Å². The van der Waals surface area contributed by atoms with Gasteiger partial charge < -0.3 is 13.7 Å². The summed E-state index contributed by atoms with van der Waals surface area (Å²) in [5.41, 5.74) is 13.7. The van der Waals surface area contributed by atoms with Gasteiger partial charge in [0.25, 0.3) is 0 Å². The van der Waals surface area contributed by atoms with Crippen LogP contribution in [0.3, 0.4) is 0 Å². The molecule has 0 aliphatic carbocycles. The smallest absolute Gasteiger partial charge is 0.227 e. The molecule has 0 spiro atoms. The van der Waals surface area contributed by atoms with Crippen LogP contribution in [0.1, 0.15) is 0 Å². The van der Waals surface area contributed by atoms with Crippen molar-refractivity contribution in [1.29, 1.82) is 0 Å². The lowest BCUT2D eigenvalue weighted by Gasteiger charge is -2.28. The van der Waals surface area contributed by atoms with Crippen LogP contribution in [0.4, 0.5) is 17.1 Å². The van der Waals surface area contributed by atoms with Crippen molar-refractivity contribution in [2.24, 2.45) is 0 Å². The lowest BCUT2D eigenvalue weighted by molar-refractivity contribution is 0.619. The Morgan fingerprint density at radius 1 is 0.396 bits per heavy atom. The van der Waals surface area contributed by atoms with E-state index in [1.165, 1.54) is 11.1 Å². The molecule has 0 fully saturated rings. The number of oxazole rings is 1. The Morgan fingerprint density at radius 3 is 1.64 bits per heavy atom. The van der Waals surface area contributed by atoms with E-state index >= 15 is 0 Å². The first-order valence-electron chi connectivity index (χ1n) is 17.8. The zero-order valence-corrected chi connectivity index (χ0v) is 28.7. The summed E-state index contributed by atoms with van der Waals surface area (Å²) in [4.78, 5) is 7.32. The van der Waals surface area contributed by atoms with E-state index in [4.69, 9.17) is 13.8 Å². The van der Waals surface area contributed by atoms with Gasteiger partial charge in [0.05, 0.1) is 11.3 Å². The molecule has 0 atom stereocenters. The average molecular weight is 681 g/mol. The molecule has 10 aromatic rings. The predicted molar refractivity (Wildman–Crippen MR) is 218 cm³/mol. The van der Waals surface area contributed by atoms with Gasteiger partial charge in [-0.2, -0.15) is 0 Å². The van der Waals surface area contributed by atoms with Crippen molar-refractivity contribution in [3.8, 4) is 44.8 Å². The van der Waals surface area contributed by atoms with Gasteiger partial charge in [-0.25, -0.2) is 4.98 Å². The highest BCUT2D eigenvalue weighted by Gasteiger charge is 2.23. The summed E-state index contributed by atoms with van der Waals surface area (Å²) in [6.07, 6.45) is 0. The fraction of sp³-hybridized carbons (Fsp3) is 0. The van der Waals surface area contributed by atoms with E-state index in [2.05, 4.69) is 144 Å². The minimum atomic E-state index is 0.582. The number of fused-ring (bicyclic) bond motifs is 4. The molecule has 0 aliphatic heterocycles. The van der Waals surface area contributed by atoms with Crippen LogP contribution in [0.25, 0.3) is 77.9 Å². The van der Waals surface area contributed by atoms with Crippen molar-refractivity contribution in [2.75, 3.05) is 4.90 Å². The number of nitrogens with zero attached hydrogens (tertiary/aromatic N) is 2. The van der Waals surface area contributed by atoms with Gasteiger partial charge in [0.2, 0.25) is 5.89 Å². The molecule has 0 unspecified atom stereocenters. The highest BCUT2D eigenvalue weighted by atomic mass is 16.4. The summed E-state index contributed by atoms with van der Waals surface area (Å²) in [7, 11) is 0. The van der Waals surface area contributed by atoms with Crippen molar-refractivity contribution in [2.45, 2.75) is 0 Å². The summed E-state index contributed by atoms with van der Waals surface area (Å²) in [5, 5.41) is 2.06. The molecule has 0 radical (unpaired) electrons. The van der Waals surface area contributed by atoms with Crippen LogP contribution in [0.15, 0.2) is 203 Å². The van der Waals surface area contributed by atoms with E-state index in [1.807, 2.05) is 54.6 Å². The van der Waals surface area contributed by atoms with Crippen molar-refractivity contribution in [1.82, 2.24) is 4.98 Å². The van der Waals surface area contributed by atoms with Gasteiger partial charge in [0, 0.05) is 33.3 Å². The molecule has 2 heterocycles. The minimum absolute atomic E-state index is 0.582. The number of benzene rings is 8. The summed E-state index contributed by atoms with van der Waals surface area (Å²) in [5.74, 6) is 0.582. The molecule has 0 aliphatic rings. The second-order valence-electron chi connectivity index (χ2n) is 13.1. The lowest BCUT2D eigenvalue weighted by Crippen LogP contribution is -2.11. The molecule has 0 bridgehead atoms. The predicted octanol–water partition coefficient (Wildman–Crippen LogP) is 13.9. The number of para-hydroxylation sites is 2. The second kappa shape index (κ2) is 12.9. The first-order chi connectivity index (χ1) is 26.3. The van der Waals surface area contributed by atoms with E-state index in [9.17, 15) is 0 Å². The average Bonchev–Trinajstić information content (AvgIpc) is 3.83. The van der Waals surface area contributed by atoms with Crippen LogP contribution in [0.5, 0.6) is 0 Å². The Labute approximate surface area is 306 Å². The molecule has 0 saturated carbocycles. The summed E-state index contributed by atoms with van der Waals surface area (Å²) >= 11 is 0. The van der Waals surface area contributed by atoms with Crippen LogP contribution >= 0.6 is 0 Å². The van der Waals surface area contributed by atoms with E-state index < -0.39 is 0 Å². The van der Waals surface area contributed by atoms with Crippen LogP contribution in [-0.4, -0.2) is 4.98 Å². The summed E-state index contributed by atoms with van der Waals surface area (Å²) in [6, 6.07) is 67.5. The number of hydrogen-bond acceptors (Lipinski definition) is 4. The fourth-order valence-corrected chi connectivity index (χ4v) is 7.38. The Kier molecular flexibility index (Phi) is 7.43. The highest BCUT2D eigenvalue weighted by Crippen LogP contribution is 2.45. The van der Waals surface area contributed by atoms with Crippen LogP contribution in [0, 0.1) is 0 Å². The molecule has 4 nitrogen and oxygen atoms in total. The molecule has 10 rings (SSSR count). The largest absolute Gasteiger partial charge is 0.455 e. The molecule has 8 aromatic carbocycles. The van der Waals surface area contributed by atoms with Crippen LogP contribution in [-0.2, 0) is 0 Å². The van der Waals surface area contributed by atoms with E-state index in [1.54, 1.807) is 0 Å². The van der Waals surface area contributed by atoms with Gasteiger partial charge in [-0.05, 0) is 76.9 Å². The van der Waals surface area contributed by atoms with Gasteiger partial charge in [-0.15, -0.1) is 0 Å². The lowest BCUT2D eigenvalue weighted by atomic mass is 9.99. The molecule has 2 aromatic heterocycles. The van der Waals surface area contributed by atoms with E-state index in [0.717, 1.165) is 72.3 Å². The summed E-state index contributed by atoms with van der Waals surface area (Å²) < 4.78 is 13.2. The third kappa shape index (κ3) is 5.45.